The summed E-state index contributed by atoms with van der Waals surface area (Å²) in [4.78, 5) is 12.0. The highest BCUT2D eigenvalue weighted by molar-refractivity contribution is 5.90. The van der Waals surface area contributed by atoms with E-state index >= 15 is 0 Å². The fourth-order valence-electron chi connectivity index (χ4n) is 2.25. The smallest absolute Gasteiger partial charge is 0.349 e. The van der Waals surface area contributed by atoms with Crippen LogP contribution in [0.5, 0.6) is 17.2 Å². The Morgan fingerprint density at radius 3 is 2.35 bits per heavy atom. The summed E-state index contributed by atoms with van der Waals surface area (Å²) in [7, 11) is 1.59. The quantitative estimate of drug-likeness (QED) is 0.531. The molecule has 0 saturated carbocycles. The van der Waals surface area contributed by atoms with Crippen LogP contribution >= 0.6 is 0 Å². The minimum Gasteiger partial charge on any atom is -0.497 e. The van der Waals surface area contributed by atoms with Crippen molar-refractivity contribution >= 4 is 16.7 Å². The van der Waals surface area contributed by atoms with Crippen molar-refractivity contribution in [2.45, 2.75) is 0 Å². The highest BCUT2D eigenvalue weighted by Crippen LogP contribution is 2.25. The minimum atomic E-state index is -0.447. The molecule has 4 heteroatoms. The van der Waals surface area contributed by atoms with Gasteiger partial charge in [0.05, 0.1) is 7.11 Å². The summed E-state index contributed by atoms with van der Waals surface area (Å²) in [5.41, 5.74) is 0. The van der Waals surface area contributed by atoms with Gasteiger partial charge in [-0.1, -0.05) is 36.4 Å². The minimum absolute atomic E-state index is 0.157. The number of carbonyl (C=O) groups excluding carboxylic acids is 1. The van der Waals surface area contributed by atoms with Crippen molar-refractivity contribution in [2.24, 2.45) is 0 Å². The van der Waals surface area contributed by atoms with Crippen molar-refractivity contribution in [1.82, 2.24) is 0 Å². The van der Waals surface area contributed by atoms with E-state index in [1.54, 1.807) is 37.4 Å². The third-order valence-electron chi connectivity index (χ3n) is 3.39. The molecule has 3 aromatic carbocycles. The van der Waals surface area contributed by atoms with E-state index in [1.165, 1.54) is 0 Å². The first kappa shape index (κ1) is 14.9. The lowest BCUT2D eigenvalue weighted by Crippen LogP contribution is -2.17. The van der Waals surface area contributed by atoms with Crippen molar-refractivity contribution in [3.05, 3.63) is 66.7 Å². The Kier molecular flexibility index (Phi) is 4.43. The van der Waals surface area contributed by atoms with Gasteiger partial charge in [0.15, 0.2) is 6.61 Å². The Bertz CT molecular complexity index is 804. The predicted molar refractivity (Wildman–Crippen MR) is 88.1 cm³/mol. The molecule has 116 valence electrons. The maximum absolute atomic E-state index is 12.0. The lowest BCUT2D eigenvalue weighted by atomic mass is 10.1. The van der Waals surface area contributed by atoms with E-state index in [4.69, 9.17) is 14.2 Å². The van der Waals surface area contributed by atoms with Crippen LogP contribution in [-0.4, -0.2) is 19.7 Å². The Morgan fingerprint density at radius 2 is 1.57 bits per heavy atom. The molecule has 3 aromatic rings. The van der Waals surface area contributed by atoms with Crippen LogP contribution in [0.15, 0.2) is 66.7 Å². The zero-order valence-electron chi connectivity index (χ0n) is 12.7. The maximum atomic E-state index is 12.0. The first-order valence-electron chi connectivity index (χ1n) is 7.21. The fourth-order valence-corrected chi connectivity index (χ4v) is 2.25. The van der Waals surface area contributed by atoms with Crippen molar-refractivity contribution in [3.63, 3.8) is 0 Å². The van der Waals surface area contributed by atoms with Gasteiger partial charge in [0.25, 0.3) is 0 Å². The van der Waals surface area contributed by atoms with Crippen LogP contribution in [0.4, 0.5) is 0 Å². The zero-order valence-corrected chi connectivity index (χ0v) is 12.7. The van der Waals surface area contributed by atoms with E-state index in [0.717, 1.165) is 16.5 Å². The maximum Gasteiger partial charge on any atom is 0.349 e. The van der Waals surface area contributed by atoms with E-state index in [-0.39, 0.29) is 6.61 Å². The number of benzene rings is 3. The molecule has 0 aliphatic carbocycles. The number of methoxy groups -OCH3 is 1. The largest absolute Gasteiger partial charge is 0.497 e. The van der Waals surface area contributed by atoms with Gasteiger partial charge in [-0.05, 0) is 35.7 Å². The SMILES string of the molecule is COc1ccc(OCC(=O)Oc2cccc3ccccc23)cc1. The molecule has 23 heavy (non-hydrogen) atoms. The number of hydrogen-bond acceptors (Lipinski definition) is 4. The third kappa shape index (κ3) is 3.61. The molecule has 0 fully saturated rings. The normalized spacial score (nSPS) is 10.3. The van der Waals surface area contributed by atoms with Crippen LogP contribution in [0.2, 0.25) is 0 Å². The number of ether oxygens (including phenoxy) is 3. The Balaban J connectivity index is 1.64. The van der Waals surface area contributed by atoms with Gasteiger partial charge in [-0.2, -0.15) is 0 Å². The van der Waals surface area contributed by atoms with Crippen LogP contribution in [0, 0.1) is 0 Å². The summed E-state index contributed by atoms with van der Waals surface area (Å²) >= 11 is 0. The summed E-state index contributed by atoms with van der Waals surface area (Å²) in [5.74, 6) is 1.40. The molecule has 0 radical (unpaired) electrons. The Labute approximate surface area is 134 Å². The summed E-state index contributed by atoms with van der Waals surface area (Å²) < 4.78 is 15.9. The van der Waals surface area contributed by atoms with Gasteiger partial charge < -0.3 is 14.2 Å². The molecule has 0 atom stereocenters. The average molecular weight is 308 g/mol. The molecule has 0 heterocycles. The molecule has 0 aliphatic heterocycles. The number of esters is 1. The molecule has 0 N–H and O–H groups in total. The topological polar surface area (TPSA) is 44.8 Å². The monoisotopic (exact) mass is 308 g/mol. The van der Waals surface area contributed by atoms with E-state index in [2.05, 4.69) is 0 Å². The van der Waals surface area contributed by atoms with Gasteiger partial charge in [0.1, 0.15) is 17.2 Å². The molecule has 0 amide bonds. The van der Waals surface area contributed by atoms with Crippen LogP contribution in [0.3, 0.4) is 0 Å². The van der Waals surface area contributed by atoms with Gasteiger partial charge in [-0.15, -0.1) is 0 Å². The van der Waals surface area contributed by atoms with Crippen LogP contribution in [0.1, 0.15) is 0 Å². The van der Waals surface area contributed by atoms with Crippen molar-refractivity contribution in [2.75, 3.05) is 13.7 Å². The van der Waals surface area contributed by atoms with E-state index in [0.29, 0.717) is 11.5 Å². The summed E-state index contributed by atoms with van der Waals surface area (Å²) in [6, 6.07) is 20.4. The molecule has 4 nitrogen and oxygen atoms in total. The summed E-state index contributed by atoms with van der Waals surface area (Å²) in [6.45, 7) is -0.157. The second-order valence-corrected chi connectivity index (χ2v) is 4.92. The van der Waals surface area contributed by atoms with Crippen LogP contribution in [-0.2, 0) is 4.79 Å². The van der Waals surface area contributed by atoms with Crippen molar-refractivity contribution in [3.8, 4) is 17.2 Å². The molecule has 0 unspecified atom stereocenters. The second kappa shape index (κ2) is 6.83. The van der Waals surface area contributed by atoms with Crippen LogP contribution in [0.25, 0.3) is 10.8 Å². The molecule has 0 aliphatic rings. The van der Waals surface area contributed by atoms with Gasteiger partial charge in [0, 0.05) is 5.39 Å². The molecule has 0 bridgehead atoms. The van der Waals surface area contributed by atoms with Crippen molar-refractivity contribution in [1.29, 1.82) is 0 Å². The predicted octanol–water partition coefficient (Wildman–Crippen LogP) is 3.83. The average Bonchev–Trinajstić information content (AvgIpc) is 2.61. The summed E-state index contributed by atoms with van der Waals surface area (Å²) in [6.07, 6.45) is 0. The zero-order chi connectivity index (χ0) is 16.1. The molecule has 0 spiro atoms. The second-order valence-electron chi connectivity index (χ2n) is 4.92. The van der Waals surface area contributed by atoms with Gasteiger partial charge >= 0.3 is 5.97 Å². The van der Waals surface area contributed by atoms with Crippen LogP contribution < -0.4 is 14.2 Å². The van der Waals surface area contributed by atoms with E-state index in [9.17, 15) is 4.79 Å². The fraction of sp³-hybridized carbons (Fsp3) is 0.105. The van der Waals surface area contributed by atoms with Gasteiger partial charge in [-0.25, -0.2) is 4.79 Å². The summed E-state index contributed by atoms with van der Waals surface area (Å²) in [5, 5.41) is 1.92. The molecule has 0 saturated heterocycles. The number of carbonyl (C=O) groups is 1. The highest BCUT2D eigenvalue weighted by atomic mass is 16.6. The number of hydrogen-bond donors (Lipinski definition) is 0. The lowest BCUT2D eigenvalue weighted by Gasteiger charge is -2.09. The lowest BCUT2D eigenvalue weighted by molar-refractivity contribution is -0.136. The van der Waals surface area contributed by atoms with Gasteiger partial charge in [-0.3, -0.25) is 0 Å². The Morgan fingerprint density at radius 1 is 0.870 bits per heavy atom. The Hall–Kier alpha value is -3.01. The first-order valence-corrected chi connectivity index (χ1v) is 7.21. The molecule has 0 aromatic heterocycles. The standard InChI is InChI=1S/C19H16O4/c1-21-15-9-11-16(12-10-15)22-13-19(20)23-18-8-4-6-14-5-2-3-7-17(14)18/h2-12H,13H2,1H3. The molecular formula is C19H16O4. The first-order chi connectivity index (χ1) is 11.3. The number of fused-ring (bicyclic) bond motifs is 1. The highest BCUT2D eigenvalue weighted by Gasteiger charge is 2.09. The third-order valence-corrected chi connectivity index (χ3v) is 3.39. The van der Waals surface area contributed by atoms with E-state index < -0.39 is 5.97 Å². The molecule has 3 rings (SSSR count). The number of rotatable bonds is 5. The van der Waals surface area contributed by atoms with Gasteiger partial charge in [0.2, 0.25) is 0 Å². The van der Waals surface area contributed by atoms with Crippen molar-refractivity contribution < 1.29 is 19.0 Å². The van der Waals surface area contributed by atoms with E-state index in [1.807, 2.05) is 36.4 Å². The molecular weight excluding hydrogens is 292 g/mol.